The van der Waals surface area contributed by atoms with Crippen LogP contribution in [0.5, 0.6) is 0 Å². The monoisotopic (exact) mass is 312 g/mol. The lowest BCUT2D eigenvalue weighted by atomic mass is 10.1. The molecule has 0 fully saturated rings. The summed E-state index contributed by atoms with van der Waals surface area (Å²) in [5, 5.41) is 0.854. The van der Waals surface area contributed by atoms with Crippen LogP contribution in [-0.2, 0) is 6.42 Å². The van der Waals surface area contributed by atoms with Crippen molar-refractivity contribution in [1.29, 1.82) is 0 Å². The van der Waals surface area contributed by atoms with E-state index in [1.807, 2.05) is 0 Å². The summed E-state index contributed by atoms with van der Waals surface area (Å²) in [5.41, 5.74) is 2.05. The maximum absolute atomic E-state index is 13.2. The number of hydrogen-bond donors (Lipinski definition) is 1. The molecule has 6 heteroatoms. The molecule has 102 valence electrons. The van der Waals surface area contributed by atoms with Crippen LogP contribution in [0.4, 0.5) is 8.78 Å². The molecule has 0 atom stereocenters. The largest absolute Gasteiger partial charge is 0.342 e. The van der Waals surface area contributed by atoms with Gasteiger partial charge in [-0.15, -0.1) is 0 Å². The fourth-order valence-electron chi connectivity index (χ4n) is 1.98. The first kappa shape index (κ1) is 13.3. The van der Waals surface area contributed by atoms with E-state index in [0.717, 1.165) is 17.6 Å². The van der Waals surface area contributed by atoms with Gasteiger partial charge in [-0.3, -0.25) is 0 Å². The maximum atomic E-state index is 13.2. The molecule has 20 heavy (non-hydrogen) atoms. The highest BCUT2D eigenvalue weighted by atomic mass is 35.5. The van der Waals surface area contributed by atoms with Crippen LogP contribution in [0.1, 0.15) is 11.4 Å². The second kappa shape index (κ2) is 5.04. The van der Waals surface area contributed by atoms with Crippen LogP contribution in [0.2, 0.25) is 10.0 Å². The molecule has 3 aromatic rings. The number of aromatic nitrogens is 2. The fourth-order valence-corrected chi connectivity index (χ4v) is 2.31. The summed E-state index contributed by atoms with van der Waals surface area (Å²) >= 11 is 11.8. The topological polar surface area (TPSA) is 28.7 Å². The van der Waals surface area contributed by atoms with Crippen LogP contribution < -0.4 is 0 Å². The van der Waals surface area contributed by atoms with Gasteiger partial charge < -0.3 is 4.98 Å². The van der Waals surface area contributed by atoms with Crippen LogP contribution in [-0.4, -0.2) is 9.97 Å². The molecule has 2 aromatic carbocycles. The third kappa shape index (κ3) is 2.49. The van der Waals surface area contributed by atoms with Crippen LogP contribution >= 0.6 is 23.2 Å². The molecule has 0 radical (unpaired) electrons. The van der Waals surface area contributed by atoms with E-state index in [-0.39, 0.29) is 0 Å². The molecule has 0 aliphatic rings. The summed E-state index contributed by atoms with van der Waals surface area (Å²) in [6, 6.07) is 7.11. The average molecular weight is 313 g/mol. The first-order valence-corrected chi connectivity index (χ1v) is 6.56. The van der Waals surface area contributed by atoms with Gasteiger partial charge in [0.25, 0.3) is 0 Å². The number of H-pyrrole nitrogens is 1. The van der Waals surface area contributed by atoms with E-state index < -0.39 is 11.6 Å². The molecule has 0 amide bonds. The third-order valence-corrected chi connectivity index (χ3v) is 3.65. The number of halogens is 4. The summed E-state index contributed by atoms with van der Waals surface area (Å²) in [5.74, 6) is -1.11. The molecule has 0 spiro atoms. The Kier molecular flexibility index (Phi) is 3.36. The van der Waals surface area contributed by atoms with Gasteiger partial charge in [-0.1, -0.05) is 29.3 Å². The zero-order valence-corrected chi connectivity index (χ0v) is 11.6. The second-order valence-corrected chi connectivity index (χ2v) is 5.21. The molecule has 0 saturated carbocycles. The van der Waals surface area contributed by atoms with E-state index in [9.17, 15) is 8.78 Å². The highest BCUT2D eigenvalue weighted by molar-refractivity contribution is 6.42. The van der Waals surface area contributed by atoms with E-state index >= 15 is 0 Å². The number of nitrogens with zero attached hydrogens (tertiary/aromatic N) is 1. The van der Waals surface area contributed by atoms with Crippen molar-refractivity contribution in [2.24, 2.45) is 0 Å². The third-order valence-electron chi connectivity index (χ3n) is 2.93. The van der Waals surface area contributed by atoms with E-state index in [1.54, 1.807) is 12.1 Å². The maximum Gasteiger partial charge on any atom is 0.159 e. The summed E-state index contributed by atoms with van der Waals surface area (Å²) in [4.78, 5) is 7.42. The van der Waals surface area contributed by atoms with Gasteiger partial charge >= 0.3 is 0 Å². The number of nitrogens with one attached hydrogen (secondary N) is 1. The summed E-state index contributed by atoms with van der Waals surface area (Å²) in [6.45, 7) is 0. The first-order valence-electron chi connectivity index (χ1n) is 5.80. The van der Waals surface area contributed by atoms with E-state index in [4.69, 9.17) is 23.2 Å². The molecular formula is C14H8Cl2F2N2. The minimum atomic E-state index is -0.871. The molecule has 3 rings (SSSR count). The van der Waals surface area contributed by atoms with E-state index in [1.165, 1.54) is 6.07 Å². The molecule has 0 aliphatic carbocycles. The lowest BCUT2D eigenvalue weighted by molar-refractivity contribution is 0.507. The summed E-state index contributed by atoms with van der Waals surface area (Å²) in [7, 11) is 0. The fraction of sp³-hybridized carbons (Fsp3) is 0.0714. The van der Waals surface area contributed by atoms with Gasteiger partial charge in [-0.2, -0.15) is 0 Å². The smallest absolute Gasteiger partial charge is 0.159 e. The predicted octanol–water partition coefficient (Wildman–Crippen LogP) is 4.74. The van der Waals surface area contributed by atoms with Gasteiger partial charge in [0, 0.05) is 6.42 Å². The molecule has 0 bridgehead atoms. The Morgan fingerprint density at radius 1 is 1.00 bits per heavy atom. The van der Waals surface area contributed by atoms with Gasteiger partial charge in [0.05, 0.1) is 21.1 Å². The lowest BCUT2D eigenvalue weighted by Gasteiger charge is -1.99. The van der Waals surface area contributed by atoms with Crippen LogP contribution in [0.25, 0.3) is 11.0 Å². The number of benzene rings is 2. The Morgan fingerprint density at radius 3 is 2.50 bits per heavy atom. The van der Waals surface area contributed by atoms with Crippen molar-refractivity contribution in [3.05, 3.63) is 63.4 Å². The Bertz CT molecular complexity index is 760. The van der Waals surface area contributed by atoms with Crippen molar-refractivity contribution in [3.63, 3.8) is 0 Å². The minimum Gasteiger partial charge on any atom is -0.342 e. The number of fused-ring (bicyclic) bond motifs is 1. The van der Waals surface area contributed by atoms with Gasteiger partial charge in [0.15, 0.2) is 11.6 Å². The number of aromatic amines is 1. The van der Waals surface area contributed by atoms with Crippen LogP contribution in [0.15, 0.2) is 30.3 Å². The van der Waals surface area contributed by atoms with Crippen molar-refractivity contribution < 1.29 is 8.78 Å². The second-order valence-electron chi connectivity index (χ2n) is 4.39. The van der Waals surface area contributed by atoms with Gasteiger partial charge in [-0.05, 0) is 29.8 Å². The standard InChI is InChI=1S/C14H8Cl2F2N2/c15-8-5-12-13(6-9(8)16)20-14(19-12)4-7-1-2-10(17)11(18)3-7/h1-3,5-6H,4H2,(H,19,20). The summed E-state index contributed by atoms with van der Waals surface area (Å²) in [6.07, 6.45) is 0.362. The van der Waals surface area contributed by atoms with Gasteiger partial charge in [0.1, 0.15) is 5.82 Å². The zero-order valence-electron chi connectivity index (χ0n) is 10.1. The van der Waals surface area contributed by atoms with E-state index in [2.05, 4.69) is 9.97 Å². The van der Waals surface area contributed by atoms with Gasteiger partial charge in [-0.25, -0.2) is 13.8 Å². The average Bonchev–Trinajstić information content (AvgIpc) is 2.76. The summed E-state index contributed by atoms with van der Waals surface area (Å²) < 4.78 is 26.0. The zero-order chi connectivity index (χ0) is 14.3. The molecule has 2 nitrogen and oxygen atoms in total. The highest BCUT2D eigenvalue weighted by Crippen LogP contribution is 2.27. The SMILES string of the molecule is Fc1ccc(Cc2nc3cc(Cl)c(Cl)cc3[nH]2)cc1F. The van der Waals surface area contributed by atoms with Crippen molar-refractivity contribution in [2.45, 2.75) is 6.42 Å². The highest BCUT2D eigenvalue weighted by Gasteiger charge is 2.09. The number of rotatable bonds is 2. The molecule has 1 N–H and O–H groups in total. The number of imidazole rings is 1. The molecular weight excluding hydrogens is 305 g/mol. The van der Waals surface area contributed by atoms with Crippen molar-refractivity contribution in [1.82, 2.24) is 9.97 Å². The van der Waals surface area contributed by atoms with Crippen LogP contribution in [0.3, 0.4) is 0 Å². The molecule has 0 aliphatic heterocycles. The lowest BCUT2D eigenvalue weighted by Crippen LogP contribution is -1.93. The molecule has 1 heterocycles. The molecule has 1 aromatic heterocycles. The first-order chi connectivity index (χ1) is 9.52. The Labute approximate surface area is 123 Å². The number of hydrogen-bond acceptors (Lipinski definition) is 1. The predicted molar refractivity (Wildman–Crippen MR) is 75.3 cm³/mol. The molecule has 0 unspecified atom stereocenters. The van der Waals surface area contributed by atoms with Crippen LogP contribution in [0, 0.1) is 11.6 Å². The minimum absolute atomic E-state index is 0.362. The quantitative estimate of drug-likeness (QED) is 0.727. The Hall–Kier alpha value is -1.65. The molecule has 0 saturated heterocycles. The van der Waals surface area contributed by atoms with Gasteiger partial charge in [0.2, 0.25) is 0 Å². The van der Waals surface area contributed by atoms with Crippen molar-refractivity contribution in [2.75, 3.05) is 0 Å². The Balaban J connectivity index is 1.96. The van der Waals surface area contributed by atoms with Crippen molar-refractivity contribution >= 4 is 34.2 Å². The van der Waals surface area contributed by atoms with E-state index in [0.29, 0.717) is 33.4 Å². The Morgan fingerprint density at radius 2 is 1.75 bits per heavy atom. The van der Waals surface area contributed by atoms with Crippen molar-refractivity contribution in [3.8, 4) is 0 Å². The normalized spacial score (nSPS) is 11.2.